The van der Waals surface area contributed by atoms with Crippen molar-refractivity contribution in [2.45, 2.75) is 13.0 Å². The number of hydrogen-bond acceptors (Lipinski definition) is 4. The van der Waals surface area contributed by atoms with Crippen molar-refractivity contribution in [2.75, 3.05) is 11.9 Å². The zero-order chi connectivity index (χ0) is 22.7. The Bertz CT molecular complexity index is 1180. The molecule has 6 nitrogen and oxygen atoms in total. The van der Waals surface area contributed by atoms with E-state index in [-0.39, 0.29) is 34.7 Å². The third-order valence-corrected chi connectivity index (χ3v) is 5.02. The van der Waals surface area contributed by atoms with Crippen LogP contribution in [0.15, 0.2) is 72.8 Å². The van der Waals surface area contributed by atoms with Gasteiger partial charge >= 0.3 is 6.61 Å². The molecule has 0 saturated heterocycles. The highest BCUT2D eigenvalue weighted by molar-refractivity contribution is 6.22. The number of anilines is 1. The van der Waals surface area contributed by atoms with E-state index in [1.807, 2.05) is 30.3 Å². The number of fused-ring (bicyclic) bond motifs is 1. The zero-order valence-corrected chi connectivity index (χ0v) is 16.8. The SMILES string of the molecule is O=C(Nc1cccc(OC(F)F)c1)c1ccc2c(c1)C(=O)N(CCc1ccccc1)C2=O. The smallest absolute Gasteiger partial charge is 0.387 e. The predicted octanol–water partition coefficient (Wildman–Crippen LogP) is 4.38. The summed E-state index contributed by atoms with van der Waals surface area (Å²) >= 11 is 0. The van der Waals surface area contributed by atoms with Gasteiger partial charge in [0.05, 0.1) is 11.1 Å². The number of halogens is 2. The van der Waals surface area contributed by atoms with Crippen LogP contribution in [0, 0.1) is 0 Å². The molecule has 0 saturated carbocycles. The molecule has 0 aromatic heterocycles. The third kappa shape index (κ3) is 4.49. The van der Waals surface area contributed by atoms with Gasteiger partial charge in [0.2, 0.25) is 0 Å². The van der Waals surface area contributed by atoms with E-state index in [0.29, 0.717) is 6.42 Å². The standard InChI is InChI=1S/C24H18F2N2O4/c25-24(26)32-18-8-4-7-17(14-18)27-21(29)16-9-10-19-20(13-16)23(31)28(22(19)30)12-11-15-5-2-1-3-6-15/h1-10,13-14,24H,11-12H2,(H,27,29). The number of nitrogens with zero attached hydrogens (tertiary/aromatic N) is 1. The fourth-order valence-corrected chi connectivity index (χ4v) is 3.47. The number of hydrogen-bond donors (Lipinski definition) is 1. The van der Waals surface area contributed by atoms with Gasteiger partial charge in [0.25, 0.3) is 17.7 Å². The van der Waals surface area contributed by atoms with Gasteiger partial charge in [0, 0.05) is 23.9 Å². The maximum Gasteiger partial charge on any atom is 0.387 e. The van der Waals surface area contributed by atoms with Crippen LogP contribution in [0.3, 0.4) is 0 Å². The molecule has 3 aromatic rings. The van der Waals surface area contributed by atoms with Crippen molar-refractivity contribution >= 4 is 23.4 Å². The van der Waals surface area contributed by atoms with E-state index < -0.39 is 24.3 Å². The molecule has 1 aliphatic rings. The van der Waals surface area contributed by atoms with E-state index in [2.05, 4.69) is 10.1 Å². The summed E-state index contributed by atoms with van der Waals surface area (Å²) in [6.07, 6.45) is 0.524. The molecule has 3 aromatic carbocycles. The Hall–Kier alpha value is -4.07. The molecule has 1 N–H and O–H groups in total. The number of amides is 3. The summed E-state index contributed by atoms with van der Waals surface area (Å²) in [5.74, 6) is -1.50. The Balaban J connectivity index is 1.48. The number of imide groups is 1. The first-order valence-corrected chi connectivity index (χ1v) is 9.83. The molecule has 4 rings (SSSR count). The monoisotopic (exact) mass is 436 g/mol. The van der Waals surface area contributed by atoms with Crippen molar-refractivity contribution in [2.24, 2.45) is 0 Å². The molecular weight excluding hydrogens is 418 g/mol. The van der Waals surface area contributed by atoms with Crippen molar-refractivity contribution in [3.8, 4) is 5.75 Å². The second-order valence-corrected chi connectivity index (χ2v) is 7.12. The highest BCUT2D eigenvalue weighted by Gasteiger charge is 2.35. The molecule has 0 unspecified atom stereocenters. The van der Waals surface area contributed by atoms with E-state index in [1.165, 1.54) is 47.4 Å². The minimum absolute atomic E-state index is 0.0958. The highest BCUT2D eigenvalue weighted by atomic mass is 19.3. The summed E-state index contributed by atoms with van der Waals surface area (Å²) in [6, 6.07) is 19.3. The largest absolute Gasteiger partial charge is 0.435 e. The Morgan fingerprint density at radius 2 is 1.66 bits per heavy atom. The lowest BCUT2D eigenvalue weighted by molar-refractivity contribution is -0.0498. The van der Waals surface area contributed by atoms with Crippen molar-refractivity contribution in [1.29, 1.82) is 0 Å². The van der Waals surface area contributed by atoms with Gasteiger partial charge in [0.1, 0.15) is 5.75 Å². The first-order chi connectivity index (χ1) is 15.4. The Kier molecular flexibility index (Phi) is 5.93. The fourth-order valence-electron chi connectivity index (χ4n) is 3.47. The molecule has 3 amide bonds. The van der Waals surface area contributed by atoms with E-state index in [4.69, 9.17) is 0 Å². The number of rotatable bonds is 7. The summed E-state index contributed by atoms with van der Waals surface area (Å²) in [6.45, 7) is -2.75. The quantitative estimate of drug-likeness (QED) is 0.558. The van der Waals surface area contributed by atoms with E-state index in [0.717, 1.165) is 5.56 Å². The van der Waals surface area contributed by atoms with E-state index >= 15 is 0 Å². The van der Waals surface area contributed by atoms with E-state index in [9.17, 15) is 23.2 Å². The van der Waals surface area contributed by atoms with Crippen molar-refractivity contribution < 1.29 is 27.9 Å². The van der Waals surface area contributed by atoms with Crippen LogP contribution in [-0.2, 0) is 6.42 Å². The number of carbonyl (C=O) groups excluding carboxylic acids is 3. The lowest BCUT2D eigenvalue weighted by Gasteiger charge is -2.13. The topological polar surface area (TPSA) is 75.7 Å². The number of alkyl halides is 2. The zero-order valence-electron chi connectivity index (χ0n) is 16.8. The summed E-state index contributed by atoms with van der Waals surface area (Å²) in [4.78, 5) is 39.2. The predicted molar refractivity (Wildman–Crippen MR) is 113 cm³/mol. The molecule has 0 fully saturated rings. The molecule has 1 heterocycles. The Labute approximate surface area is 182 Å². The van der Waals surface area contributed by atoms with Gasteiger partial charge in [-0.05, 0) is 42.3 Å². The summed E-state index contributed by atoms with van der Waals surface area (Å²) < 4.78 is 29.1. The molecule has 0 atom stereocenters. The van der Waals surface area contributed by atoms with Gasteiger partial charge in [-0.25, -0.2) is 0 Å². The van der Waals surface area contributed by atoms with Gasteiger partial charge in [0.15, 0.2) is 0 Å². The second kappa shape index (κ2) is 8.97. The average Bonchev–Trinajstić information content (AvgIpc) is 3.02. The molecule has 0 bridgehead atoms. The first kappa shape index (κ1) is 21.2. The van der Waals surface area contributed by atoms with Crippen LogP contribution in [0.25, 0.3) is 0 Å². The van der Waals surface area contributed by atoms with Gasteiger partial charge in [-0.15, -0.1) is 0 Å². The first-order valence-electron chi connectivity index (χ1n) is 9.83. The summed E-state index contributed by atoms with van der Waals surface area (Å²) in [5, 5.41) is 2.57. The fraction of sp³-hybridized carbons (Fsp3) is 0.125. The Morgan fingerprint density at radius 3 is 2.41 bits per heavy atom. The van der Waals surface area contributed by atoms with Gasteiger partial charge in [-0.1, -0.05) is 36.4 Å². The lowest BCUT2D eigenvalue weighted by Crippen LogP contribution is -2.31. The van der Waals surface area contributed by atoms with Crippen molar-refractivity contribution in [1.82, 2.24) is 4.90 Å². The van der Waals surface area contributed by atoms with Crippen LogP contribution in [0.4, 0.5) is 14.5 Å². The Morgan fingerprint density at radius 1 is 0.906 bits per heavy atom. The maximum atomic E-state index is 12.8. The van der Waals surface area contributed by atoms with Crippen molar-refractivity contribution in [3.05, 3.63) is 95.1 Å². The van der Waals surface area contributed by atoms with Crippen LogP contribution >= 0.6 is 0 Å². The number of ether oxygens (including phenoxy) is 1. The number of benzene rings is 3. The minimum Gasteiger partial charge on any atom is -0.435 e. The van der Waals surface area contributed by atoms with E-state index in [1.54, 1.807) is 0 Å². The molecule has 0 aliphatic carbocycles. The molecule has 1 aliphatic heterocycles. The van der Waals surface area contributed by atoms with Crippen LogP contribution in [0.5, 0.6) is 5.75 Å². The lowest BCUT2D eigenvalue weighted by atomic mass is 10.1. The van der Waals surface area contributed by atoms with Crippen LogP contribution in [0.2, 0.25) is 0 Å². The highest BCUT2D eigenvalue weighted by Crippen LogP contribution is 2.25. The number of carbonyl (C=O) groups is 3. The molecule has 0 radical (unpaired) electrons. The molecular formula is C24H18F2N2O4. The van der Waals surface area contributed by atoms with Crippen molar-refractivity contribution in [3.63, 3.8) is 0 Å². The second-order valence-electron chi connectivity index (χ2n) is 7.12. The molecule has 8 heteroatoms. The van der Waals surface area contributed by atoms with Crippen LogP contribution in [0.1, 0.15) is 36.6 Å². The third-order valence-electron chi connectivity index (χ3n) is 5.02. The summed E-state index contributed by atoms with van der Waals surface area (Å²) in [5.41, 5.74) is 1.81. The molecule has 32 heavy (non-hydrogen) atoms. The minimum atomic E-state index is -2.98. The molecule has 0 spiro atoms. The van der Waals surface area contributed by atoms with Gasteiger partial charge in [-0.2, -0.15) is 8.78 Å². The van der Waals surface area contributed by atoms with Gasteiger partial charge in [-0.3, -0.25) is 19.3 Å². The maximum absolute atomic E-state index is 12.8. The average molecular weight is 436 g/mol. The van der Waals surface area contributed by atoms with Crippen LogP contribution < -0.4 is 10.1 Å². The number of nitrogens with one attached hydrogen (secondary N) is 1. The normalized spacial score (nSPS) is 12.8. The summed E-state index contributed by atoms with van der Waals surface area (Å²) in [7, 11) is 0. The molecule has 162 valence electrons. The van der Waals surface area contributed by atoms with Gasteiger partial charge < -0.3 is 10.1 Å². The van der Waals surface area contributed by atoms with Crippen LogP contribution in [-0.4, -0.2) is 35.8 Å².